The highest BCUT2D eigenvalue weighted by atomic mass is 16.5. The van der Waals surface area contributed by atoms with Crippen molar-refractivity contribution >= 4 is 5.91 Å². The molecule has 2 aromatic rings. The van der Waals surface area contributed by atoms with Crippen LogP contribution in [0.5, 0.6) is 11.5 Å². The molecule has 6 heteroatoms. The zero-order valence-electron chi connectivity index (χ0n) is 17.5. The fraction of sp³-hybridized carbons (Fsp3) is 0.478. The van der Waals surface area contributed by atoms with Crippen molar-refractivity contribution in [1.82, 2.24) is 14.8 Å². The minimum absolute atomic E-state index is 0.0527. The number of carbonyl (C=O) groups is 1. The highest BCUT2D eigenvalue weighted by Crippen LogP contribution is 2.29. The topological polar surface area (TPSA) is 54.9 Å². The summed E-state index contributed by atoms with van der Waals surface area (Å²) in [5.41, 5.74) is 1.91. The van der Waals surface area contributed by atoms with Gasteiger partial charge in [0.15, 0.2) is 11.5 Å². The number of amides is 1. The molecule has 2 heterocycles. The first-order valence-corrected chi connectivity index (χ1v) is 10.5. The lowest BCUT2D eigenvalue weighted by atomic mass is 10.1. The van der Waals surface area contributed by atoms with E-state index in [1.807, 2.05) is 47.6 Å². The smallest absolute Gasteiger partial charge is 0.254 e. The third-order valence-electron chi connectivity index (χ3n) is 4.93. The molecular weight excluding hydrogens is 366 g/mol. The zero-order valence-corrected chi connectivity index (χ0v) is 17.5. The van der Waals surface area contributed by atoms with Crippen molar-refractivity contribution in [2.24, 2.45) is 0 Å². The molecule has 0 saturated carbocycles. The first-order valence-electron chi connectivity index (χ1n) is 10.5. The van der Waals surface area contributed by atoms with Crippen LogP contribution in [0.4, 0.5) is 0 Å². The van der Waals surface area contributed by atoms with Crippen LogP contribution in [0.15, 0.2) is 42.7 Å². The van der Waals surface area contributed by atoms with Gasteiger partial charge in [0.2, 0.25) is 0 Å². The number of piperazine rings is 1. The largest absolute Gasteiger partial charge is 0.490 e. The van der Waals surface area contributed by atoms with E-state index >= 15 is 0 Å². The number of nitrogens with zero attached hydrogens (tertiary/aromatic N) is 3. The number of carbonyl (C=O) groups excluding carboxylic acids is 1. The molecule has 1 aliphatic heterocycles. The normalized spacial score (nSPS) is 14.6. The van der Waals surface area contributed by atoms with Gasteiger partial charge in [-0.25, -0.2) is 0 Å². The molecule has 0 bridgehead atoms. The average molecular weight is 398 g/mol. The summed E-state index contributed by atoms with van der Waals surface area (Å²) in [5, 5.41) is 0. The van der Waals surface area contributed by atoms with Gasteiger partial charge >= 0.3 is 0 Å². The molecule has 0 aliphatic carbocycles. The van der Waals surface area contributed by atoms with Gasteiger partial charge in [0.25, 0.3) is 5.91 Å². The number of ether oxygens (including phenoxy) is 2. The minimum Gasteiger partial charge on any atom is -0.490 e. The monoisotopic (exact) mass is 397 g/mol. The second-order valence-corrected chi connectivity index (χ2v) is 7.28. The number of benzene rings is 1. The fourth-order valence-electron chi connectivity index (χ4n) is 3.34. The molecular formula is C23H31N3O3. The van der Waals surface area contributed by atoms with E-state index in [1.54, 1.807) is 0 Å². The van der Waals surface area contributed by atoms with E-state index < -0.39 is 0 Å². The molecule has 1 aliphatic rings. The van der Waals surface area contributed by atoms with Crippen LogP contribution in [-0.4, -0.2) is 60.1 Å². The van der Waals surface area contributed by atoms with Crippen LogP contribution >= 0.6 is 0 Å². The molecule has 1 aromatic carbocycles. The predicted octanol–water partition coefficient (Wildman–Crippen LogP) is 3.62. The van der Waals surface area contributed by atoms with Crippen molar-refractivity contribution < 1.29 is 14.3 Å². The van der Waals surface area contributed by atoms with Crippen molar-refractivity contribution in [3.8, 4) is 11.5 Å². The Balaban J connectivity index is 1.61. The van der Waals surface area contributed by atoms with Gasteiger partial charge in [-0.2, -0.15) is 0 Å². The standard InChI is InChI=1S/C23H31N3O3/c1-3-15-28-21-6-5-20(17-22(21)29-16-4-2)23(27)26-13-11-25(12-14-26)18-19-7-9-24-10-8-19/h5-10,17H,3-4,11-16,18H2,1-2H3. The summed E-state index contributed by atoms with van der Waals surface area (Å²) in [4.78, 5) is 21.4. The summed E-state index contributed by atoms with van der Waals surface area (Å²) in [7, 11) is 0. The van der Waals surface area contributed by atoms with Crippen LogP contribution in [0.25, 0.3) is 0 Å². The SMILES string of the molecule is CCCOc1ccc(C(=O)N2CCN(Cc3ccncc3)CC2)cc1OCCC. The van der Waals surface area contributed by atoms with Crippen LogP contribution in [-0.2, 0) is 6.54 Å². The van der Waals surface area contributed by atoms with Gasteiger partial charge < -0.3 is 14.4 Å². The van der Waals surface area contributed by atoms with Crippen molar-refractivity contribution in [3.63, 3.8) is 0 Å². The lowest BCUT2D eigenvalue weighted by Crippen LogP contribution is -2.48. The number of pyridine rings is 1. The number of hydrogen-bond donors (Lipinski definition) is 0. The molecule has 0 atom stereocenters. The summed E-state index contributed by atoms with van der Waals surface area (Å²) >= 11 is 0. The van der Waals surface area contributed by atoms with Crippen LogP contribution in [0.2, 0.25) is 0 Å². The molecule has 1 fully saturated rings. The summed E-state index contributed by atoms with van der Waals surface area (Å²) in [6, 6.07) is 9.60. The molecule has 0 spiro atoms. The number of hydrogen-bond acceptors (Lipinski definition) is 5. The van der Waals surface area contributed by atoms with E-state index in [9.17, 15) is 4.79 Å². The van der Waals surface area contributed by atoms with Gasteiger partial charge in [0, 0.05) is 50.7 Å². The minimum atomic E-state index is 0.0527. The second kappa shape index (κ2) is 10.8. The molecule has 0 unspecified atom stereocenters. The predicted molar refractivity (Wildman–Crippen MR) is 113 cm³/mol. The van der Waals surface area contributed by atoms with E-state index in [4.69, 9.17) is 9.47 Å². The Morgan fingerprint density at radius 1 is 0.931 bits per heavy atom. The summed E-state index contributed by atoms with van der Waals surface area (Å²) in [6.45, 7) is 9.44. The number of aromatic nitrogens is 1. The summed E-state index contributed by atoms with van der Waals surface area (Å²) in [6.07, 6.45) is 5.48. The van der Waals surface area contributed by atoms with Gasteiger partial charge in [0.05, 0.1) is 13.2 Å². The second-order valence-electron chi connectivity index (χ2n) is 7.28. The molecule has 0 radical (unpaired) electrons. The Morgan fingerprint density at radius 2 is 1.59 bits per heavy atom. The summed E-state index contributed by atoms with van der Waals surface area (Å²) in [5.74, 6) is 1.42. The number of rotatable bonds is 9. The van der Waals surface area contributed by atoms with Crippen LogP contribution in [0, 0.1) is 0 Å². The quantitative estimate of drug-likeness (QED) is 0.647. The van der Waals surface area contributed by atoms with E-state index in [-0.39, 0.29) is 5.91 Å². The molecule has 3 rings (SSSR count). The molecule has 1 aromatic heterocycles. The Labute approximate surface area is 173 Å². The Bertz CT molecular complexity index is 774. The molecule has 0 N–H and O–H groups in total. The van der Waals surface area contributed by atoms with E-state index in [1.165, 1.54) is 5.56 Å². The molecule has 29 heavy (non-hydrogen) atoms. The molecule has 6 nitrogen and oxygen atoms in total. The fourth-order valence-corrected chi connectivity index (χ4v) is 3.34. The van der Waals surface area contributed by atoms with Crippen molar-refractivity contribution in [3.05, 3.63) is 53.9 Å². The van der Waals surface area contributed by atoms with E-state index in [0.29, 0.717) is 30.3 Å². The van der Waals surface area contributed by atoms with Gasteiger partial charge in [-0.1, -0.05) is 13.8 Å². The average Bonchev–Trinajstić information content (AvgIpc) is 2.77. The highest BCUT2D eigenvalue weighted by Gasteiger charge is 2.23. The van der Waals surface area contributed by atoms with Crippen molar-refractivity contribution in [2.75, 3.05) is 39.4 Å². The van der Waals surface area contributed by atoms with Gasteiger partial charge in [-0.3, -0.25) is 14.7 Å². The van der Waals surface area contributed by atoms with Gasteiger partial charge in [-0.15, -0.1) is 0 Å². The van der Waals surface area contributed by atoms with Crippen molar-refractivity contribution in [2.45, 2.75) is 33.2 Å². The summed E-state index contributed by atoms with van der Waals surface area (Å²) < 4.78 is 11.6. The molecule has 156 valence electrons. The highest BCUT2D eigenvalue weighted by molar-refractivity contribution is 5.95. The first-order chi connectivity index (χ1) is 14.2. The maximum Gasteiger partial charge on any atom is 0.254 e. The lowest BCUT2D eigenvalue weighted by Gasteiger charge is -2.34. The van der Waals surface area contributed by atoms with E-state index in [0.717, 1.165) is 45.6 Å². The van der Waals surface area contributed by atoms with Crippen LogP contribution in [0.3, 0.4) is 0 Å². The van der Waals surface area contributed by atoms with Crippen molar-refractivity contribution in [1.29, 1.82) is 0 Å². The molecule has 1 amide bonds. The maximum atomic E-state index is 13.0. The maximum absolute atomic E-state index is 13.0. The zero-order chi connectivity index (χ0) is 20.5. The van der Waals surface area contributed by atoms with Crippen LogP contribution < -0.4 is 9.47 Å². The first kappa shape index (κ1) is 21.1. The molecule has 1 saturated heterocycles. The van der Waals surface area contributed by atoms with E-state index in [2.05, 4.69) is 23.7 Å². The van der Waals surface area contributed by atoms with Gasteiger partial charge in [-0.05, 0) is 48.7 Å². The third kappa shape index (κ3) is 5.94. The lowest BCUT2D eigenvalue weighted by molar-refractivity contribution is 0.0628. The Hall–Kier alpha value is -2.60. The Kier molecular flexibility index (Phi) is 7.87. The Morgan fingerprint density at radius 3 is 2.24 bits per heavy atom. The van der Waals surface area contributed by atoms with Gasteiger partial charge in [0.1, 0.15) is 0 Å². The van der Waals surface area contributed by atoms with Crippen LogP contribution in [0.1, 0.15) is 42.6 Å². The third-order valence-corrected chi connectivity index (χ3v) is 4.93.